The molecule has 0 aliphatic heterocycles. The Hall–Kier alpha value is -0.900. The van der Waals surface area contributed by atoms with Gasteiger partial charge in [-0.2, -0.15) is 0 Å². The third-order valence-electron chi connectivity index (χ3n) is 2.63. The van der Waals surface area contributed by atoms with Crippen molar-refractivity contribution in [3.8, 4) is 0 Å². The molecule has 0 saturated heterocycles. The maximum Gasteiger partial charge on any atom is 0.332 e. The number of carboxylic acids is 1. The standard InChI is InChI=1S/C13H24O4/c1-2-3-11-17-12(13(15)16)9-7-5-4-6-8-10-14/h10,12H,2-9,11H2,1H3,(H,15,16). The smallest absolute Gasteiger partial charge is 0.332 e. The van der Waals surface area contributed by atoms with Crippen molar-refractivity contribution in [3.63, 3.8) is 0 Å². The predicted octanol–water partition coefficient (Wildman–Crippen LogP) is 2.80. The number of ether oxygens (including phenoxy) is 1. The highest BCUT2D eigenvalue weighted by Gasteiger charge is 2.16. The molecule has 0 aromatic rings. The Morgan fingerprint density at radius 2 is 1.94 bits per heavy atom. The fraction of sp³-hybridized carbons (Fsp3) is 0.846. The first-order valence-corrected chi connectivity index (χ1v) is 6.50. The molecule has 100 valence electrons. The summed E-state index contributed by atoms with van der Waals surface area (Å²) >= 11 is 0. The van der Waals surface area contributed by atoms with Gasteiger partial charge < -0.3 is 14.6 Å². The number of hydrogen-bond acceptors (Lipinski definition) is 3. The maximum absolute atomic E-state index is 10.9. The minimum absolute atomic E-state index is 0.526. The molecule has 4 heteroatoms. The zero-order valence-corrected chi connectivity index (χ0v) is 10.7. The normalized spacial score (nSPS) is 12.3. The van der Waals surface area contributed by atoms with E-state index >= 15 is 0 Å². The van der Waals surface area contributed by atoms with Gasteiger partial charge in [0.25, 0.3) is 0 Å². The van der Waals surface area contributed by atoms with Crippen LogP contribution in [0.3, 0.4) is 0 Å². The molecule has 0 bridgehead atoms. The van der Waals surface area contributed by atoms with Crippen LogP contribution >= 0.6 is 0 Å². The van der Waals surface area contributed by atoms with E-state index in [1.807, 2.05) is 6.92 Å². The topological polar surface area (TPSA) is 63.6 Å². The van der Waals surface area contributed by atoms with Crippen LogP contribution in [0.1, 0.15) is 58.3 Å². The lowest BCUT2D eigenvalue weighted by Gasteiger charge is -2.13. The zero-order chi connectivity index (χ0) is 12.9. The predicted molar refractivity (Wildman–Crippen MR) is 66.0 cm³/mol. The highest BCUT2D eigenvalue weighted by molar-refractivity contribution is 5.72. The van der Waals surface area contributed by atoms with E-state index in [9.17, 15) is 9.59 Å². The van der Waals surface area contributed by atoms with Crippen molar-refractivity contribution in [2.75, 3.05) is 6.61 Å². The van der Waals surface area contributed by atoms with Crippen LogP contribution in [-0.2, 0) is 14.3 Å². The largest absolute Gasteiger partial charge is 0.479 e. The summed E-state index contributed by atoms with van der Waals surface area (Å²) in [6.07, 6.45) is 7.06. The van der Waals surface area contributed by atoms with Gasteiger partial charge in [0.1, 0.15) is 6.29 Å². The number of carbonyl (C=O) groups excluding carboxylic acids is 1. The Balaban J connectivity index is 3.55. The summed E-state index contributed by atoms with van der Waals surface area (Å²) in [6, 6.07) is 0. The lowest BCUT2D eigenvalue weighted by Crippen LogP contribution is -2.24. The van der Waals surface area contributed by atoms with Crippen LogP contribution in [0.2, 0.25) is 0 Å². The molecule has 0 fully saturated rings. The minimum Gasteiger partial charge on any atom is -0.479 e. The molecular formula is C13H24O4. The molecule has 17 heavy (non-hydrogen) atoms. The lowest BCUT2D eigenvalue weighted by atomic mass is 10.1. The van der Waals surface area contributed by atoms with Crippen molar-refractivity contribution in [2.24, 2.45) is 0 Å². The number of aldehydes is 1. The van der Waals surface area contributed by atoms with Crippen LogP contribution in [0.5, 0.6) is 0 Å². The summed E-state index contributed by atoms with van der Waals surface area (Å²) in [4.78, 5) is 21.0. The van der Waals surface area contributed by atoms with Crippen LogP contribution in [0.15, 0.2) is 0 Å². The number of aliphatic carboxylic acids is 1. The summed E-state index contributed by atoms with van der Waals surface area (Å²) in [5.41, 5.74) is 0. The van der Waals surface area contributed by atoms with E-state index in [2.05, 4.69) is 0 Å². The average Bonchev–Trinajstić information content (AvgIpc) is 2.31. The van der Waals surface area contributed by atoms with Gasteiger partial charge in [0.2, 0.25) is 0 Å². The van der Waals surface area contributed by atoms with E-state index in [0.717, 1.165) is 44.8 Å². The Bertz CT molecular complexity index is 204. The fourth-order valence-electron chi connectivity index (χ4n) is 1.56. The van der Waals surface area contributed by atoms with Crippen LogP contribution in [0, 0.1) is 0 Å². The number of hydrogen-bond donors (Lipinski definition) is 1. The van der Waals surface area contributed by atoms with Gasteiger partial charge in [0.05, 0.1) is 0 Å². The fourth-order valence-corrected chi connectivity index (χ4v) is 1.56. The first-order valence-electron chi connectivity index (χ1n) is 6.50. The van der Waals surface area contributed by atoms with Crippen LogP contribution in [0.25, 0.3) is 0 Å². The molecule has 0 radical (unpaired) electrons. The van der Waals surface area contributed by atoms with Gasteiger partial charge in [-0.25, -0.2) is 4.79 Å². The highest BCUT2D eigenvalue weighted by atomic mass is 16.5. The van der Waals surface area contributed by atoms with Gasteiger partial charge >= 0.3 is 5.97 Å². The van der Waals surface area contributed by atoms with E-state index < -0.39 is 12.1 Å². The maximum atomic E-state index is 10.9. The van der Waals surface area contributed by atoms with Gasteiger partial charge in [0, 0.05) is 13.0 Å². The third-order valence-corrected chi connectivity index (χ3v) is 2.63. The Labute approximate surface area is 103 Å². The van der Waals surface area contributed by atoms with E-state index in [0.29, 0.717) is 19.4 Å². The Morgan fingerprint density at radius 3 is 2.53 bits per heavy atom. The van der Waals surface area contributed by atoms with Gasteiger partial charge in [-0.15, -0.1) is 0 Å². The average molecular weight is 244 g/mol. The highest BCUT2D eigenvalue weighted by Crippen LogP contribution is 2.10. The summed E-state index contributed by atoms with van der Waals surface area (Å²) in [6.45, 7) is 2.57. The van der Waals surface area contributed by atoms with Crippen molar-refractivity contribution in [1.82, 2.24) is 0 Å². The van der Waals surface area contributed by atoms with E-state index in [1.165, 1.54) is 0 Å². The summed E-state index contributed by atoms with van der Waals surface area (Å²) in [7, 11) is 0. The van der Waals surface area contributed by atoms with Gasteiger partial charge in [-0.3, -0.25) is 0 Å². The molecule has 1 atom stereocenters. The quantitative estimate of drug-likeness (QED) is 0.423. The molecule has 0 aliphatic rings. The van der Waals surface area contributed by atoms with Crippen molar-refractivity contribution in [3.05, 3.63) is 0 Å². The van der Waals surface area contributed by atoms with E-state index in [1.54, 1.807) is 0 Å². The molecule has 0 aromatic carbocycles. The molecule has 0 heterocycles. The van der Waals surface area contributed by atoms with E-state index in [4.69, 9.17) is 9.84 Å². The lowest BCUT2D eigenvalue weighted by molar-refractivity contribution is -0.151. The molecule has 0 rings (SSSR count). The minimum atomic E-state index is -0.867. The van der Waals surface area contributed by atoms with E-state index in [-0.39, 0.29) is 0 Å². The number of rotatable bonds is 12. The van der Waals surface area contributed by atoms with Gasteiger partial charge in [-0.05, 0) is 19.3 Å². The van der Waals surface area contributed by atoms with Crippen molar-refractivity contribution >= 4 is 12.3 Å². The SMILES string of the molecule is CCCCOC(CCCCCCC=O)C(=O)O. The van der Waals surface area contributed by atoms with Gasteiger partial charge in [0.15, 0.2) is 6.10 Å². The first-order chi connectivity index (χ1) is 8.22. The molecule has 0 saturated carbocycles. The summed E-state index contributed by atoms with van der Waals surface area (Å²) in [5.74, 6) is -0.867. The first kappa shape index (κ1) is 16.1. The molecule has 0 amide bonds. The molecule has 0 aromatic heterocycles. The second-order valence-electron chi connectivity index (χ2n) is 4.21. The monoisotopic (exact) mass is 244 g/mol. The number of unbranched alkanes of at least 4 members (excludes halogenated alkanes) is 5. The Kier molecular flexibility index (Phi) is 11.0. The molecule has 1 unspecified atom stereocenters. The molecule has 0 spiro atoms. The van der Waals surface area contributed by atoms with Crippen LogP contribution in [0.4, 0.5) is 0 Å². The van der Waals surface area contributed by atoms with Crippen molar-refractivity contribution in [2.45, 2.75) is 64.4 Å². The second-order valence-corrected chi connectivity index (χ2v) is 4.21. The molecule has 1 N–H and O–H groups in total. The molecule has 0 aliphatic carbocycles. The second kappa shape index (κ2) is 11.6. The van der Waals surface area contributed by atoms with Crippen molar-refractivity contribution < 1.29 is 19.4 Å². The summed E-state index contributed by atoms with van der Waals surface area (Å²) < 4.78 is 5.32. The molecular weight excluding hydrogens is 220 g/mol. The Morgan fingerprint density at radius 1 is 1.24 bits per heavy atom. The molecule has 4 nitrogen and oxygen atoms in total. The number of carbonyl (C=O) groups is 2. The number of carboxylic acid groups (broad SMARTS) is 1. The van der Waals surface area contributed by atoms with Crippen LogP contribution in [-0.4, -0.2) is 30.1 Å². The van der Waals surface area contributed by atoms with Gasteiger partial charge in [-0.1, -0.05) is 32.6 Å². The summed E-state index contributed by atoms with van der Waals surface area (Å²) in [5, 5.41) is 8.94. The zero-order valence-electron chi connectivity index (χ0n) is 10.7. The third kappa shape index (κ3) is 10.00. The van der Waals surface area contributed by atoms with Crippen LogP contribution < -0.4 is 0 Å². The van der Waals surface area contributed by atoms with Crippen molar-refractivity contribution in [1.29, 1.82) is 0 Å².